The average molecular weight is 505 g/mol. The summed E-state index contributed by atoms with van der Waals surface area (Å²) >= 11 is 0. The number of rotatable bonds is 8. The van der Waals surface area contributed by atoms with Gasteiger partial charge in [0, 0.05) is 31.0 Å². The van der Waals surface area contributed by atoms with Gasteiger partial charge in [-0.25, -0.2) is 9.59 Å². The van der Waals surface area contributed by atoms with Crippen molar-refractivity contribution in [3.63, 3.8) is 0 Å². The number of aliphatic hydroxyl groups excluding tert-OH is 1. The largest absolute Gasteiger partial charge is 0.511 e. The Morgan fingerprint density at radius 2 is 1.68 bits per heavy atom. The number of ether oxygens (including phenoxy) is 1. The van der Waals surface area contributed by atoms with Crippen molar-refractivity contribution in [3.05, 3.63) is 71.0 Å². The molecule has 1 atom stereocenters. The lowest BCUT2D eigenvalue weighted by atomic mass is 9.76. The highest BCUT2D eigenvalue weighted by Crippen LogP contribution is 2.44. The Morgan fingerprint density at radius 3 is 2.24 bits per heavy atom. The number of carbonyl (C=O) groups is 3. The van der Waals surface area contributed by atoms with E-state index in [1.54, 1.807) is 0 Å². The number of allylic oxidation sites excluding steroid dienone is 2. The van der Waals surface area contributed by atoms with Crippen LogP contribution >= 0.6 is 0 Å². The van der Waals surface area contributed by atoms with Crippen molar-refractivity contribution < 1.29 is 29.3 Å². The molecular weight excluding hydrogens is 472 g/mol. The van der Waals surface area contributed by atoms with Crippen LogP contribution in [0.4, 0.5) is 4.79 Å². The molecule has 0 aliphatic heterocycles. The molecule has 4 rings (SSSR count). The fourth-order valence-electron chi connectivity index (χ4n) is 5.20. The SMILES string of the molecule is CC(=N[C@@H](CCNC(=O)OCC1c2ccccc2-c2ccccc21)C(=O)O)C1=C(O)CC(C)(C)CC1=O. The molecule has 0 heterocycles. The smallest absolute Gasteiger partial charge is 0.407 e. The van der Waals surface area contributed by atoms with Crippen LogP contribution < -0.4 is 5.32 Å². The number of carboxylic acids is 1. The van der Waals surface area contributed by atoms with E-state index in [9.17, 15) is 24.6 Å². The highest BCUT2D eigenvalue weighted by Gasteiger charge is 2.34. The molecule has 1 amide bonds. The zero-order valence-corrected chi connectivity index (χ0v) is 21.3. The monoisotopic (exact) mass is 504 g/mol. The molecule has 0 saturated carbocycles. The van der Waals surface area contributed by atoms with Gasteiger partial charge in [-0.05, 0) is 41.0 Å². The molecule has 2 aliphatic rings. The number of hydrogen-bond donors (Lipinski definition) is 3. The number of hydrogen-bond acceptors (Lipinski definition) is 6. The molecule has 3 N–H and O–H groups in total. The number of ketones is 1. The first-order valence-electron chi connectivity index (χ1n) is 12.4. The number of fused-ring (bicyclic) bond motifs is 3. The third-order valence-corrected chi connectivity index (χ3v) is 6.88. The summed E-state index contributed by atoms with van der Waals surface area (Å²) in [5.74, 6) is -1.58. The minimum Gasteiger partial charge on any atom is -0.511 e. The van der Waals surface area contributed by atoms with Crippen molar-refractivity contribution in [3.8, 4) is 11.1 Å². The number of aliphatic imine (C=N–C) groups is 1. The molecule has 37 heavy (non-hydrogen) atoms. The summed E-state index contributed by atoms with van der Waals surface area (Å²) in [6, 6.07) is 14.9. The van der Waals surface area contributed by atoms with E-state index in [0.717, 1.165) is 22.3 Å². The Hall–Kier alpha value is -3.94. The predicted octanol–water partition coefficient (Wildman–Crippen LogP) is 5.03. The first kappa shape index (κ1) is 26.1. The summed E-state index contributed by atoms with van der Waals surface area (Å²) < 4.78 is 5.49. The number of amides is 1. The average Bonchev–Trinajstić information content (AvgIpc) is 3.14. The van der Waals surface area contributed by atoms with Crippen molar-refractivity contribution >= 4 is 23.6 Å². The van der Waals surface area contributed by atoms with Gasteiger partial charge in [0.2, 0.25) is 0 Å². The van der Waals surface area contributed by atoms with E-state index in [1.807, 2.05) is 50.2 Å². The molecular formula is C29H32N2O6. The van der Waals surface area contributed by atoms with Crippen LogP contribution in [-0.2, 0) is 14.3 Å². The standard InChI is InChI=1S/C29H32N2O6/c1-17(26-24(32)14-29(2,3)15-25(26)33)31-23(27(34)35)12-13-30-28(36)37-16-22-20-10-6-4-8-18(20)19-9-5-7-11-21(19)22/h4-11,22-23,32H,12-16H2,1-3H3,(H,30,36)(H,34,35)/t23-/m0/s1. The summed E-state index contributed by atoms with van der Waals surface area (Å²) in [4.78, 5) is 40.9. The second-order valence-electron chi connectivity index (χ2n) is 10.4. The number of benzene rings is 2. The Bertz CT molecular complexity index is 1250. The number of carboxylic acid groups (broad SMARTS) is 1. The fourth-order valence-corrected chi connectivity index (χ4v) is 5.20. The summed E-state index contributed by atoms with van der Waals surface area (Å²) in [6.07, 6.45) is -0.0656. The van der Waals surface area contributed by atoms with Gasteiger partial charge in [0.05, 0.1) is 5.57 Å². The Balaban J connectivity index is 1.34. The number of Topliss-reactive ketones (excluding diaryl/α,β-unsaturated/α-hetero) is 1. The lowest BCUT2D eigenvalue weighted by Crippen LogP contribution is -2.32. The van der Waals surface area contributed by atoms with Crippen LogP contribution in [0.1, 0.15) is 57.1 Å². The first-order chi connectivity index (χ1) is 17.6. The van der Waals surface area contributed by atoms with Crippen LogP contribution in [0.2, 0.25) is 0 Å². The van der Waals surface area contributed by atoms with Crippen LogP contribution in [0.25, 0.3) is 11.1 Å². The van der Waals surface area contributed by atoms with Crippen molar-refractivity contribution in [2.24, 2.45) is 10.4 Å². The van der Waals surface area contributed by atoms with Crippen molar-refractivity contribution in [1.29, 1.82) is 0 Å². The summed E-state index contributed by atoms with van der Waals surface area (Å²) in [7, 11) is 0. The van der Waals surface area contributed by atoms with Gasteiger partial charge in [-0.2, -0.15) is 0 Å². The third-order valence-electron chi connectivity index (χ3n) is 6.88. The number of aliphatic hydroxyl groups is 1. The predicted molar refractivity (Wildman–Crippen MR) is 140 cm³/mol. The first-order valence-corrected chi connectivity index (χ1v) is 12.4. The van der Waals surface area contributed by atoms with Gasteiger partial charge in [-0.1, -0.05) is 62.4 Å². The maximum atomic E-state index is 12.5. The molecule has 8 nitrogen and oxygen atoms in total. The molecule has 0 fully saturated rings. The molecule has 0 bridgehead atoms. The molecule has 0 saturated heterocycles. The molecule has 2 aromatic carbocycles. The van der Waals surface area contributed by atoms with E-state index < -0.39 is 18.1 Å². The fraction of sp³-hybridized carbons (Fsp3) is 0.379. The maximum absolute atomic E-state index is 12.5. The lowest BCUT2D eigenvalue weighted by Gasteiger charge is -2.29. The second-order valence-corrected chi connectivity index (χ2v) is 10.4. The van der Waals surface area contributed by atoms with Gasteiger partial charge >= 0.3 is 12.1 Å². The number of alkyl carbamates (subject to hydrolysis) is 1. The van der Waals surface area contributed by atoms with Gasteiger partial charge in [0.15, 0.2) is 5.78 Å². The zero-order chi connectivity index (χ0) is 26.7. The molecule has 194 valence electrons. The molecule has 2 aliphatic carbocycles. The normalized spacial score (nSPS) is 17.7. The van der Waals surface area contributed by atoms with Crippen LogP contribution in [0.3, 0.4) is 0 Å². The van der Waals surface area contributed by atoms with Crippen LogP contribution in [0.15, 0.2) is 64.9 Å². The molecule has 0 radical (unpaired) electrons. The Kier molecular flexibility index (Phi) is 7.47. The van der Waals surface area contributed by atoms with Gasteiger partial charge in [-0.15, -0.1) is 0 Å². The summed E-state index contributed by atoms with van der Waals surface area (Å²) in [5.41, 5.74) is 4.39. The third kappa shape index (κ3) is 5.74. The van der Waals surface area contributed by atoms with Gasteiger partial charge in [-0.3, -0.25) is 9.79 Å². The second kappa shape index (κ2) is 10.6. The maximum Gasteiger partial charge on any atom is 0.407 e. The Morgan fingerprint density at radius 1 is 1.08 bits per heavy atom. The van der Waals surface area contributed by atoms with Gasteiger partial charge in [0.25, 0.3) is 0 Å². The van der Waals surface area contributed by atoms with Crippen molar-refractivity contribution in [1.82, 2.24) is 5.32 Å². The van der Waals surface area contributed by atoms with E-state index in [1.165, 1.54) is 6.92 Å². The molecule has 0 spiro atoms. The number of aliphatic carboxylic acids is 1. The molecule has 2 aromatic rings. The van der Waals surface area contributed by atoms with E-state index in [0.29, 0.717) is 6.42 Å². The van der Waals surface area contributed by atoms with Gasteiger partial charge < -0.3 is 20.3 Å². The van der Waals surface area contributed by atoms with E-state index >= 15 is 0 Å². The molecule has 8 heteroatoms. The topological polar surface area (TPSA) is 125 Å². The number of nitrogens with one attached hydrogen (secondary N) is 1. The number of carbonyl (C=O) groups excluding carboxylic acids is 2. The van der Waals surface area contributed by atoms with Crippen LogP contribution in [0.5, 0.6) is 0 Å². The minimum atomic E-state index is -1.18. The Labute approximate surface area is 216 Å². The quantitative estimate of drug-likeness (QED) is 0.433. The molecule has 0 unspecified atom stereocenters. The zero-order valence-electron chi connectivity index (χ0n) is 21.3. The summed E-state index contributed by atoms with van der Waals surface area (Å²) in [5, 5.41) is 22.6. The number of nitrogens with zero attached hydrogens (tertiary/aromatic N) is 1. The van der Waals surface area contributed by atoms with Crippen LogP contribution in [0, 0.1) is 5.41 Å². The van der Waals surface area contributed by atoms with E-state index in [-0.39, 0.29) is 60.2 Å². The van der Waals surface area contributed by atoms with E-state index in [4.69, 9.17) is 4.74 Å². The summed E-state index contributed by atoms with van der Waals surface area (Å²) in [6.45, 7) is 5.48. The lowest BCUT2D eigenvalue weighted by molar-refractivity contribution is -0.138. The van der Waals surface area contributed by atoms with Crippen molar-refractivity contribution in [2.45, 2.75) is 52.0 Å². The van der Waals surface area contributed by atoms with E-state index in [2.05, 4.69) is 22.4 Å². The van der Waals surface area contributed by atoms with Crippen molar-refractivity contribution in [2.75, 3.05) is 13.2 Å². The van der Waals surface area contributed by atoms with Crippen LogP contribution in [-0.4, -0.2) is 53.0 Å². The van der Waals surface area contributed by atoms with Gasteiger partial charge in [0.1, 0.15) is 18.4 Å². The highest BCUT2D eigenvalue weighted by molar-refractivity contribution is 6.22. The molecule has 0 aromatic heterocycles. The minimum absolute atomic E-state index is 0.00456. The highest BCUT2D eigenvalue weighted by atomic mass is 16.5.